The monoisotopic (exact) mass is 471 g/mol. The van der Waals surface area contributed by atoms with Crippen molar-refractivity contribution < 1.29 is 22.7 Å². The highest BCUT2D eigenvalue weighted by Crippen LogP contribution is 2.29. The lowest BCUT2D eigenvalue weighted by Gasteiger charge is -2.17. The van der Waals surface area contributed by atoms with Crippen molar-refractivity contribution in [1.29, 1.82) is 0 Å². The second-order valence-corrected chi connectivity index (χ2v) is 9.75. The van der Waals surface area contributed by atoms with E-state index in [0.717, 1.165) is 17.7 Å². The fourth-order valence-corrected chi connectivity index (χ4v) is 4.77. The van der Waals surface area contributed by atoms with Gasteiger partial charge in [-0.2, -0.15) is 0 Å². The summed E-state index contributed by atoms with van der Waals surface area (Å²) in [5.41, 5.74) is 2.65. The van der Waals surface area contributed by atoms with Gasteiger partial charge in [0.15, 0.2) is 0 Å². The number of nitrogens with zero attached hydrogens (tertiary/aromatic N) is 1. The van der Waals surface area contributed by atoms with E-state index in [1.807, 2.05) is 12.1 Å². The number of hydrogen-bond acceptors (Lipinski definition) is 5. The molecule has 3 rings (SSSR count). The van der Waals surface area contributed by atoms with E-state index in [1.165, 1.54) is 47.3 Å². The lowest BCUT2D eigenvalue weighted by atomic mass is 10.1. The first-order valence-corrected chi connectivity index (χ1v) is 12.3. The zero-order valence-corrected chi connectivity index (χ0v) is 19.5. The predicted octanol–water partition coefficient (Wildman–Crippen LogP) is 1.91. The van der Waals surface area contributed by atoms with E-state index in [1.54, 1.807) is 0 Å². The number of fused-ring (bicyclic) bond motifs is 1. The Bertz CT molecular complexity index is 1110. The molecule has 0 aromatic heterocycles. The normalized spacial score (nSPS) is 12.7. The summed E-state index contributed by atoms with van der Waals surface area (Å²) in [6, 6.07) is 11.9. The fourth-order valence-electron chi connectivity index (χ4n) is 3.56. The number of amides is 2. The van der Waals surface area contributed by atoms with Crippen LogP contribution in [0, 0.1) is 0 Å². The van der Waals surface area contributed by atoms with Crippen LogP contribution in [0.1, 0.15) is 27.9 Å². The van der Waals surface area contributed by atoms with Crippen molar-refractivity contribution in [2.24, 2.45) is 0 Å². The van der Waals surface area contributed by atoms with Gasteiger partial charge < -0.3 is 15.4 Å². The summed E-state index contributed by atoms with van der Waals surface area (Å²) in [5.74, 6) is 0.364. The lowest BCUT2D eigenvalue weighted by Crippen LogP contribution is -2.31. The minimum absolute atomic E-state index is 0.105. The van der Waals surface area contributed by atoms with E-state index < -0.39 is 10.0 Å². The topological polar surface area (TPSA) is 105 Å². The third-order valence-corrected chi connectivity index (χ3v) is 7.31. The molecule has 0 saturated carbocycles. The molecule has 1 aliphatic rings. The molecule has 2 N–H and O–H groups in total. The third-order valence-electron chi connectivity index (χ3n) is 5.43. The zero-order valence-electron chi connectivity index (χ0n) is 18.7. The van der Waals surface area contributed by atoms with Crippen LogP contribution in [0.4, 0.5) is 0 Å². The number of carbonyl (C=O) groups excluding carboxylic acids is 2. The second kappa shape index (κ2) is 11.1. The molecule has 9 heteroatoms. The summed E-state index contributed by atoms with van der Waals surface area (Å²) in [4.78, 5) is 23.7. The van der Waals surface area contributed by atoms with Crippen LogP contribution in [0.5, 0.6) is 5.75 Å². The van der Waals surface area contributed by atoms with Crippen molar-refractivity contribution in [1.82, 2.24) is 14.9 Å². The van der Waals surface area contributed by atoms with Gasteiger partial charge in [-0.15, -0.1) is 0 Å². The number of para-hydroxylation sites is 1. The number of ether oxygens (including phenoxy) is 1. The minimum Gasteiger partial charge on any atom is -0.493 e. The Kier molecular flexibility index (Phi) is 8.24. The van der Waals surface area contributed by atoms with Crippen LogP contribution in [0.25, 0.3) is 0 Å². The average molecular weight is 472 g/mol. The van der Waals surface area contributed by atoms with Crippen molar-refractivity contribution in [2.45, 2.75) is 24.2 Å². The molecule has 176 valence electrons. The molecule has 0 bridgehead atoms. The van der Waals surface area contributed by atoms with Gasteiger partial charge in [-0.3, -0.25) is 9.59 Å². The van der Waals surface area contributed by atoms with Gasteiger partial charge in [0.25, 0.3) is 5.91 Å². The van der Waals surface area contributed by atoms with Crippen LogP contribution in [0.2, 0.25) is 0 Å². The highest BCUT2D eigenvalue weighted by atomic mass is 32.2. The molecule has 0 aliphatic carbocycles. The summed E-state index contributed by atoms with van der Waals surface area (Å²) in [7, 11) is -2.21. The maximum Gasteiger partial charge on any atom is 0.251 e. The second-order valence-electron chi connectivity index (χ2n) is 7.71. The standard InChI is InChI=1S/C24H29N3O5S/c1-3-22(28)25-14-5-16-27(2)33(30,31)21-10-8-20(9-11-21)24(29)26-15-12-18-6-4-7-19-13-17-32-23(18)19/h3-4,6-11H,1,5,12-17H2,2H3,(H,25,28)(H,26,29). The highest BCUT2D eigenvalue weighted by Gasteiger charge is 2.21. The van der Waals surface area contributed by atoms with Gasteiger partial charge in [-0.25, -0.2) is 12.7 Å². The van der Waals surface area contributed by atoms with Gasteiger partial charge in [-0.05, 0) is 54.3 Å². The Morgan fingerprint density at radius 1 is 1.12 bits per heavy atom. The molecular weight excluding hydrogens is 442 g/mol. The van der Waals surface area contributed by atoms with Gasteiger partial charge in [-0.1, -0.05) is 24.8 Å². The number of benzene rings is 2. The molecule has 0 unspecified atom stereocenters. The van der Waals surface area contributed by atoms with Crippen molar-refractivity contribution in [2.75, 3.05) is 33.3 Å². The predicted molar refractivity (Wildman–Crippen MR) is 126 cm³/mol. The number of carbonyl (C=O) groups is 2. The van der Waals surface area contributed by atoms with E-state index >= 15 is 0 Å². The van der Waals surface area contributed by atoms with Crippen molar-refractivity contribution in [3.8, 4) is 5.75 Å². The first kappa shape index (κ1) is 24.5. The van der Waals surface area contributed by atoms with Gasteiger partial charge in [0, 0.05) is 38.7 Å². The molecule has 2 amide bonds. The number of sulfonamides is 1. The van der Waals surface area contributed by atoms with Gasteiger partial charge in [0.05, 0.1) is 11.5 Å². The minimum atomic E-state index is -3.69. The van der Waals surface area contributed by atoms with E-state index in [9.17, 15) is 18.0 Å². The zero-order chi connectivity index (χ0) is 23.8. The molecule has 0 spiro atoms. The molecular formula is C24H29N3O5S. The van der Waals surface area contributed by atoms with Gasteiger partial charge >= 0.3 is 0 Å². The lowest BCUT2D eigenvalue weighted by molar-refractivity contribution is -0.116. The van der Waals surface area contributed by atoms with Crippen LogP contribution < -0.4 is 15.4 Å². The summed E-state index contributed by atoms with van der Waals surface area (Å²) in [6.07, 6.45) is 3.19. The number of hydrogen-bond donors (Lipinski definition) is 2. The van der Waals surface area contributed by atoms with Crippen molar-refractivity contribution >= 4 is 21.8 Å². The van der Waals surface area contributed by atoms with Crippen molar-refractivity contribution in [3.05, 3.63) is 71.8 Å². The molecule has 1 heterocycles. The molecule has 2 aromatic carbocycles. The molecule has 2 aromatic rings. The van der Waals surface area contributed by atoms with Crippen LogP contribution >= 0.6 is 0 Å². The Hall–Kier alpha value is -3.17. The van der Waals surface area contributed by atoms with E-state index in [0.29, 0.717) is 38.1 Å². The SMILES string of the molecule is C=CC(=O)NCCCN(C)S(=O)(=O)c1ccc(C(=O)NCCc2cccc3c2OCC3)cc1. The molecule has 0 saturated heterocycles. The molecule has 0 atom stereocenters. The Balaban J connectivity index is 1.51. The fraction of sp³-hybridized carbons (Fsp3) is 0.333. The number of rotatable bonds is 11. The first-order chi connectivity index (χ1) is 15.8. The summed E-state index contributed by atoms with van der Waals surface area (Å²) >= 11 is 0. The summed E-state index contributed by atoms with van der Waals surface area (Å²) in [5, 5.41) is 5.48. The van der Waals surface area contributed by atoms with E-state index in [-0.39, 0.29) is 23.3 Å². The van der Waals surface area contributed by atoms with E-state index in [2.05, 4.69) is 23.3 Å². The third kappa shape index (κ3) is 6.21. The Morgan fingerprint density at radius 3 is 2.61 bits per heavy atom. The van der Waals surface area contributed by atoms with Crippen molar-refractivity contribution in [3.63, 3.8) is 0 Å². The van der Waals surface area contributed by atoms with Crippen LogP contribution in [-0.2, 0) is 27.7 Å². The molecule has 0 radical (unpaired) electrons. The van der Waals surface area contributed by atoms with Gasteiger partial charge in [0.1, 0.15) is 5.75 Å². The maximum absolute atomic E-state index is 12.7. The van der Waals surface area contributed by atoms with Crippen LogP contribution in [-0.4, -0.2) is 57.8 Å². The largest absolute Gasteiger partial charge is 0.493 e. The Morgan fingerprint density at radius 2 is 1.88 bits per heavy atom. The summed E-state index contributed by atoms with van der Waals surface area (Å²) in [6.45, 7) is 5.10. The molecule has 8 nitrogen and oxygen atoms in total. The molecule has 33 heavy (non-hydrogen) atoms. The van der Waals surface area contributed by atoms with Crippen LogP contribution in [0.15, 0.2) is 60.0 Å². The summed E-state index contributed by atoms with van der Waals surface area (Å²) < 4.78 is 32.4. The Labute approximate surface area is 194 Å². The maximum atomic E-state index is 12.7. The average Bonchev–Trinajstić information content (AvgIpc) is 3.31. The highest BCUT2D eigenvalue weighted by molar-refractivity contribution is 7.89. The first-order valence-electron chi connectivity index (χ1n) is 10.8. The smallest absolute Gasteiger partial charge is 0.251 e. The molecule has 1 aliphatic heterocycles. The van der Waals surface area contributed by atoms with E-state index in [4.69, 9.17) is 4.74 Å². The quantitative estimate of drug-likeness (QED) is 0.385. The molecule has 0 fully saturated rings. The van der Waals surface area contributed by atoms with Crippen LogP contribution in [0.3, 0.4) is 0 Å². The number of nitrogens with one attached hydrogen (secondary N) is 2. The van der Waals surface area contributed by atoms with Gasteiger partial charge in [0.2, 0.25) is 15.9 Å².